The largest absolute Gasteiger partial charge is 0.324 e. The van der Waals surface area contributed by atoms with E-state index in [0.29, 0.717) is 0 Å². The maximum atomic E-state index is 13.2. The smallest absolute Gasteiger partial charge is 0.241 e. The predicted octanol–water partition coefficient (Wildman–Crippen LogP) is 4.73. The second kappa shape index (κ2) is 9.88. The van der Waals surface area contributed by atoms with E-state index in [-0.39, 0.29) is 17.8 Å². The van der Waals surface area contributed by atoms with Crippen molar-refractivity contribution in [2.24, 2.45) is 7.05 Å². The standard InChI is InChI=1S/C25H31FN4O/c1-17-8-6-9-18(2)24(17)27-25(31)19(3)29(4)15-7-10-22-16-23(30(5)28-22)20-11-13-21(26)14-12-20/h6,8-9,11-14,16,19H,7,10,15H2,1-5H3,(H,27,31). The number of benzene rings is 2. The van der Waals surface area contributed by atoms with Crippen molar-refractivity contribution in [3.8, 4) is 11.3 Å². The van der Waals surface area contributed by atoms with Gasteiger partial charge in [-0.1, -0.05) is 18.2 Å². The zero-order chi connectivity index (χ0) is 22.5. The number of likely N-dealkylation sites (N-methyl/N-ethyl adjacent to an activating group) is 1. The number of para-hydroxylation sites is 1. The Hall–Kier alpha value is -2.99. The Morgan fingerprint density at radius 3 is 2.45 bits per heavy atom. The first-order chi connectivity index (χ1) is 14.8. The minimum Gasteiger partial charge on any atom is -0.324 e. The van der Waals surface area contributed by atoms with Gasteiger partial charge in [0.05, 0.1) is 17.4 Å². The fraction of sp³-hybridized carbons (Fsp3) is 0.360. The molecule has 2 aromatic carbocycles. The lowest BCUT2D eigenvalue weighted by Crippen LogP contribution is -2.40. The molecule has 31 heavy (non-hydrogen) atoms. The Morgan fingerprint density at radius 1 is 1.16 bits per heavy atom. The molecule has 3 aromatic rings. The molecule has 1 amide bonds. The number of halogens is 1. The molecule has 0 radical (unpaired) electrons. The summed E-state index contributed by atoms with van der Waals surface area (Å²) in [5.41, 5.74) is 5.92. The number of nitrogens with zero attached hydrogens (tertiary/aromatic N) is 3. The Labute approximate surface area is 183 Å². The van der Waals surface area contributed by atoms with Gasteiger partial charge in [0.15, 0.2) is 0 Å². The molecule has 1 N–H and O–H groups in total. The summed E-state index contributed by atoms with van der Waals surface area (Å²) in [5, 5.41) is 7.66. The normalized spacial score (nSPS) is 12.2. The fourth-order valence-corrected chi connectivity index (χ4v) is 3.68. The van der Waals surface area contributed by atoms with Gasteiger partial charge in [-0.05, 0) is 94.2 Å². The highest BCUT2D eigenvalue weighted by molar-refractivity contribution is 5.95. The first-order valence-electron chi connectivity index (χ1n) is 10.6. The van der Waals surface area contributed by atoms with Crippen LogP contribution in [-0.2, 0) is 18.3 Å². The van der Waals surface area contributed by atoms with Crippen LogP contribution >= 0.6 is 0 Å². The van der Waals surface area contributed by atoms with E-state index in [1.165, 1.54) is 12.1 Å². The molecule has 1 unspecified atom stereocenters. The number of amides is 1. The number of carbonyl (C=O) groups is 1. The molecule has 0 spiro atoms. The van der Waals surface area contributed by atoms with E-state index in [1.807, 2.05) is 63.8 Å². The van der Waals surface area contributed by atoms with Crippen LogP contribution in [0.15, 0.2) is 48.5 Å². The second-order valence-corrected chi connectivity index (χ2v) is 8.17. The van der Waals surface area contributed by atoms with Gasteiger partial charge in [-0.15, -0.1) is 0 Å². The summed E-state index contributed by atoms with van der Waals surface area (Å²) < 4.78 is 15.0. The summed E-state index contributed by atoms with van der Waals surface area (Å²) in [6.45, 7) is 6.72. The highest BCUT2D eigenvalue weighted by Crippen LogP contribution is 2.22. The summed E-state index contributed by atoms with van der Waals surface area (Å²) in [6, 6.07) is 14.3. The number of anilines is 1. The Kier molecular flexibility index (Phi) is 7.23. The molecule has 1 heterocycles. The fourth-order valence-electron chi connectivity index (χ4n) is 3.68. The van der Waals surface area contributed by atoms with Crippen molar-refractivity contribution in [1.82, 2.24) is 14.7 Å². The summed E-state index contributed by atoms with van der Waals surface area (Å²) in [5.74, 6) is -0.249. The Bertz CT molecular complexity index is 1020. The lowest BCUT2D eigenvalue weighted by Gasteiger charge is -2.24. The van der Waals surface area contributed by atoms with Crippen LogP contribution in [-0.4, -0.2) is 40.2 Å². The molecule has 0 fully saturated rings. The van der Waals surface area contributed by atoms with Crippen LogP contribution in [0.4, 0.5) is 10.1 Å². The Balaban J connectivity index is 1.54. The summed E-state index contributed by atoms with van der Waals surface area (Å²) in [4.78, 5) is 14.8. The van der Waals surface area contributed by atoms with Crippen LogP contribution in [0.3, 0.4) is 0 Å². The van der Waals surface area contributed by atoms with Crippen LogP contribution in [0.2, 0.25) is 0 Å². The molecule has 1 atom stereocenters. The van der Waals surface area contributed by atoms with Gasteiger partial charge in [-0.3, -0.25) is 14.4 Å². The van der Waals surface area contributed by atoms with Crippen molar-refractivity contribution < 1.29 is 9.18 Å². The molecule has 0 aliphatic carbocycles. The van der Waals surface area contributed by atoms with Gasteiger partial charge in [0.25, 0.3) is 0 Å². The van der Waals surface area contributed by atoms with Gasteiger partial charge in [0.1, 0.15) is 5.82 Å². The van der Waals surface area contributed by atoms with Gasteiger partial charge in [0.2, 0.25) is 5.91 Å². The maximum absolute atomic E-state index is 13.2. The van der Waals surface area contributed by atoms with E-state index in [4.69, 9.17) is 0 Å². The maximum Gasteiger partial charge on any atom is 0.241 e. The zero-order valence-electron chi connectivity index (χ0n) is 18.9. The van der Waals surface area contributed by atoms with Crippen LogP contribution in [0, 0.1) is 19.7 Å². The molecule has 0 aliphatic rings. The third-order valence-electron chi connectivity index (χ3n) is 5.78. The van der Waals surface area contributed by atoms with Crippen LogP contribution in [0.5, 0.6) is 0 Å². The highest BCUT2D eigenvalue weighted by atomic mass is 19.1. The van der Waals surface area contributed by atoms with Crippen molar-refractivity contribution in [2.45, 2.75) is 39.7 Å². The molecule has 6 heteroatoms. The minimum atomic E-state index is -0.245. The monoisotopic (exact) mass is 422 g/mol. The highest BCUT2D eigenvalue weighted by Gasteiger charge is 2.19. The molecule has 164 valence electrons. The minimum absolute atomic E-state index is 0.00340. The molecule has 0 saturated heterocycles. The van der Waals surface area contributed by atoms with Gasteiger partial charge in [-0.25, -0.2) is 4.39 Å². The molecular formula is C25H31FN4O. The summed E-state index contributed by atoms with van der Waals surface area (Å²) in [6.07, 6.45) is 1.70. The molecule has 1 aromatic heterocycles. The van der Waals surface area contributed by atoms with E-state index in [2.05, 4.69) is 15.3 Å². The van der Waals surface area contributed by atoms with Crippen molar-refractivity contribution in [2.75, 3.05) is 18.9 Å². The number of carbonyl (C=O) groups excluding carboxylic acids is 1. The summed E-state index contributed by atoms with van der Waals surface area (Å²) in [7, 11) is 3.87. The van der Waals surface area contributed by atoms with Gasteiger partial charge in [0, 0.05) is 12.7 Å². The van der Waals surface area contributed by atoms with E-state index in [1.54, 1.807) is 12.1 Å². The van der Waals surface area contributed by atoms with Gasteiger partial charge < -0.3 is 5.32 Å². The van der Waals surface area contributed by atoms with Gasteiger partial charge >= 0.3 is 0 Å². The lowest BCUT2D eigenvalue weighted by molar-refractivity contribution is -0.120. The molecule has 0 bridgehead atoms. The first kappa shape index (κ1) is 22.7. The van der Waals surface area contributed by atoms with E-state index >= 15 is 0 Å². The second-order valence-electron chi connectivity index (χ2n) is 8.17. The first-order valence-corrected chi connectivity index (χ1v) is 10.6. The summed E-state index contributed by atoms with van der Waals surface area (Å²) >= 11 is 0. The third-order valence-corrected chi connectivity index (χ3v) is 5.78. The predicted molar refractivity (Wildman–Crippen MR) is 124 cm³/mol. The van der Waals surface area contributed by atoms with Crippen LogP contribution in [0.1, 0.15) is 30.2 Å². The quantitative estimate of drug-likeness (QED) is 0.571. The molecular weight excluding hydrogens is 391 g/mol. The lowest BCUT2D eigenvalue weighted by atomic mass is 10.1. The molecule has 0 aliphatic heterocycles. The number of aryl methyl sites for hydroxylation is 4. The molecule has 3 rings (SSSR count). The van der Waals surface area contributed by atoms with Gasteiger partial charge in [-0.2, -0.15) is 5.10 Å². The number of hydrogen-bond donors (Lipinski definition) is 1. The van der Waals surface area contributed by atoms with E-state index in [0.717, 1.165) is 53.2 Å². The Morgan fingerprint density at radius 2 is 1.81 bits per heavy atom. The number of hydrogen-bond acceptors (Lipinski definition) is 3. The average molecular weight is 423 g/mol. The van der Waals surface area contributed by atoms with Crippen molar-refractivity contribution in [3.05, 3.63) is 71.2 Å². The van der Waals surface area contributed by atoms with E-state index < -0.39 is 0 Å². The number of nitrogens with one attached hydrogen (secondary N) is 1. The SMILES string of the molecule is Cc1cccc(C)c1NC(=O)C(C)N(C)CCCc1cc(-c2ccc(F)cc2)n(C)n1. The molecule has 0 saturated carbocycles. The van der Waals surface area contributed by atoms with Crippen molar-refractivity contribution in [1.29, 1.82) is 0 Å². The van der Waals surface area contributed by atoms with E-state index in [9.17, 15) is 9.18 Å². The topological polar surface area (TPSA) is 50.2 Å². The molecule has 5 nitrogen and oxygen atoms in total. The third kappa shape index (κ3) is 5.58. The van der Waals surface area contributed by atoms with Crippen molar-refractivity contribution in [3.63, 3.8) is 0 Å². The number of rotatable bonds is 8. The van der Waals surface area contributed by atoms with Crippen LogP contribution in [0.25, 0.3) is 11.3 Å². The number of aromatic nitrogens is 2. The van der Waals surface area contributed by atoms with Crippen LogP contribution < -0.4 is 5.32 Å². The van der Waals surface area contributed by atoms with Crippen molar-refractivity contribution >= 4 is 11.6 Å². The average Bonchev–Trinajstić information content (AvgIpc) is 3.11. The zero-order valence-corrected chi connectivity index (χ0v) is 18.9.